The van der Waals surface area contributed by atoms with E-state index < -0.39 is 0 Å². The van der Waals surface area contributed by atoms with Gasteiger partial charge in [-0.1, -0.05) is 20.3 Å². The summed E-state index contributed by atoms with van der Waals surface area (Å²) in [5, 5.41) is 3.69. The van der Waals surface area contributed by atoms with Gasteiger partial charge in [-0.05, 0) is 32.2 Å². The molecule has 102 valence electrons. The molecule has 0 aromatic carbocycles. The van der Waals surface area contributed by atoms with Crippen LogP contribution in [0.4, 0.5) is 0 Å². The van der Waals surface area contributed by atoms with E-state index in [0.29, 0.717) is 5.54 Å². The van der Waals surface area contributed by atoms with E-state index in [1.807, 2.05) is 0 Å². The molecule has 0 aromatic heterocycles. The lowest BCUT2D eigenvalue weighted by Gasteiger charge is -2.40. The van der Waals surface area contributed by atoms with Crippen molar-refractivity contribution in [3.63, 3.8) is 0 Å². The second-order valence-electron chi connectivity index (χ2n) is 6.07. The third kappa shape index (κ3) is 5.84. The first kappa shape index (κ1) is 14.9. The second-order valence-corrected chi connectivity index (χ2v) is 6.07. The highest BCUT2D eigenvalue weighted by molar-refractivity contribution is 4.89. The third-order valence-corrected chi connectivity index (χ3v) is 3.51. The van der Waals surface area contributed by atoms with E-state index >= 15 is 0 Å². The molecule has 3 heteroatoms. The van der Waals surface area contributed by atoms with Gasteiger partial charge in [0.25, 0.3) is 0 Å². The fourth-order valence-corrected chi connectivity index (χ4v) is 2.72. The van der Waals surface area contributed by atoms with Crippen molar-refractivity contribution in [3.8, 4) is 0 Å². The summed E-state index contributed by atoms with van der Waals surface area (Å²) in [6.07, 6.45) is 4.00. The van der Waals surface area contributed by atoms with Gasteiger partial charge < -0.3 is 10.1 Å². The van der Waals surface area contributed by atoms with Crippen LogP contribution in [0.3, 0.4) is 0 Å². The SMILES string of the molecule is COCCN(CC(C)C)CC1(C)CCCCN1. The molecule has 1 unspecified atom stereocenters. The second kappa shape index (κ2) is 7.34. The Morgan fingerprint density at radius 1 is 1.35 bits per heavy atom. The monoisotopic (exact) mass is 242 g/mol. The molecule has 1 aliphatic heterocycles. The van der Waals surface area contributed by atoms with E-state index in [9.17, 15) is 0 Å². The minimum Gasteiger partial charge on any atom is -0.383 e. The van der Waals surface area contributed by atoms with Crippen molar-refractivity contribution in [1.82, 2.24) is 10.2 Å². The first-order valence-corrected chi connectivity index (χ1v) is 7.02. The zero-order valence-corrected chi connectivity index (χ0v) is 12.1. The summed E-state index contributed by atoms with van der Waals surface area (Å²) in [5.74, 6) is 0.721. The lowest BCUT2D eigenvalue weighted by molar-refractivity contribution is 0.107. The van der Waals surface area contributed by atoms with Gasteiger partial charge in [-0.15, -0.1) is 0 Å². The van der Waals surface area contributed by atoms with Crippen LogP contribution in [0.25, 0.3) is 0 Å². The summed E-state index contributed by atoms with van der Waals surface area (Å²) >= 11 is 0. The number of piperidine rings is 1. The maximum absolute atomic E-state index is 5.21. The van der Waals surface area contributed by atoms with Gasteiger partial charge in [-0.2, -0.15) is 0 Å². The number of hydrogen-bond donors (Lipinski definition) is 1. The molecule has 1 atom stereocenters. The molecule has 0 saturated carbocycles. The molecule has 17 heavy (non-hydrogen) atoms. The molecule has 1 N–H and O–H groups in total. The van der Waals surface area contributed by atoms with Crippen molar-refractivity contribution >= 4 is 0 Å². The molecule has 1 aliphatic rings. The minimum absolute atomic E-state index is 0.306. The number of ether oxygens (including phenoxy) is 1. The van der Waals surface area contributed by atoms with Crippen LogP contribution in [-0.4, -0.2) is 50.3 Å². The summed E-state index contributed by atoms with van der Waals surface area (Å²) in [5.41, 5.74) is 0.306. The molecule has 1 heterocycles. The average Bonchev–Trinajstić information content (AvgIpc) is 2.25. The average molecular weight is 242 g/mol. The zero-order chi connectivity index (χ0) is 12.7. The lowest BCUT2D eigenvalue weighted by atomic mass is 9.90. The summed E-state index contributed by atoms with van der Waals surface area (Å²) in [4.78, 5) is 2.55. The molecule has 1 saturated heterocycles. The van der Waals surface area contributed by atoms with Crippen molar-refractivity contribution in [2.24, 2.45) is 5.92 Å². The van der Waals surface area contributed by atoms with Gasteiger partial charge in [0.15, 0.2) is 0 Å². The molecule has 0 bridgehead atoms. The predicted octanol–water partition coefficient (Wildman–Crippen LogP) is 2.12. The largest absolute Gasteiger partial charge is 0.383 e. The molecule has 1 fully saturated rings. The van der Waals surface area contributed by atoms with E-state index in [1.165, 1.54) is 32.4 Å². The minimum atomic E-state index is 0.306. The molecule has 3 nitrogen and oxygen atoms in total. The zero-order valence-electron chi connectivity index (χ0n) is 12.1. The first-order chi connectivity index (χ1) is 8.06. The Labute approximate surface area is 107 Å². The molecular formula is C14H30N2O. The van der Waals surface area contributed by atoms with E-state index in [2.05, 4.69) is 31.0 Å². The summed E-state index contributed by atoms with van der Waals surface area (Å²) in [6, 6.07) is 0. The highest BCUT2D eigenvalue weighted by Gasteiger charge is 2.28. The lowest BCUT2D eigenvalue weighted by Crippen LogP contribution is -2.54. The van der Waals surface area contributed by atoms with Crippen molar-refractivity contribution in [1.29, 1.82) is 0 Å². The van der Waals surface area contributed by atoms with Crippen molar-refractivity contribution in [2.75, 3.05) is 39.9 Å². The molecule has 0 aromatic rings. The molecule has 0 amide bonds. The topological polar surface area (TPSA) is 24.5 Å². The van der Waals surface area contributed by atoms with Crippen LogP contribution < -0.4 is 5.32 Å². The Balaban J connectivity index is 2.44. The molecule has 1 rings (SSSR count). The number of methoxy groups -OCH3 is 1. The molecular weight excluding hydrogens is 212 g/mol. The van der Waals surface area contributed by atoms with Crippen molar-refractivity contribution in [2.45, 2.75) is 45.6 Å². The van der Waals surface area contributed by atoms with Crippen LogP contribution in [0.5, 0.6) is 0 Å². The Hall–Kier alpha value is -0.120. The van der Waals surface area contributed by atoms with Crippen LogP contribution >= 0.6 is 0 Å². The van der Waals surface area contributed by atoms with Crippen molar-refractivity contribution in [3.05, 3.63) is 0 Å². The Morgan fingerprint density at radius 2 is 2.12 bits per heavy atom. The standard InChI is InChI=1S/C14H30N2O/c1-13(2)11-16(9-10-17-4)12-14(3)7-5-6-8-15-14/h13,15H,5-12H2,1-4H3. The first-order valence-electron chi connectivity index (χ1n) is 7.02. The maximum Gasteiger partial charge on any atom is 0.0589 e. The normalized spacial score (nSPS) is 25.8. The van der Waals surface area contributed by atoms with Gasteiger partial charge in [0.2, 0.25) is 0 Å². The molecule has 0 aliphatic carbocycles. The van der Waals surface area contributed by atoms with E-state index in [-0.39, 0.29) is 0 Å². The third-order valence-electron chi connectivity index (χ3n) is 3.51. The number of rotatable bonds is 7. The van der Waals surface area contributed by atoms with Gasteiger partial charge in [-0.25, -0.2) is 0 Å². The van der Waals surface area contributed by atoms with E-state index in [1.54, 1.807) is 7.11 Å². The van der Waals surface area contributed by atoms with Crippen LogP contribution in [0, 0.1) is 5.92 Å². The fraction of sp³-hybridized carbons (Fsp3) is 1.00. The Morgan fingerprint density at radius 3 is 2.65 bits per heavy atom. The number of hydrogen-bond acceptors (Lipinski definition) is 3. The highest BCUT2D eigenvalue weighted by Crippen LogP contribution is 2.20. The molecule has 0 spiro atoms. The summed E-state index contributed by atoms with van der Waals surface area (Å²) < 4.78 is 5.21. The summed E-state index contributed by atoms with van der Waals surface area (Å²) in [7, 11) is 1.79. The predicted molar refractivity (Wildman–Crippen MR) is 73.4 cm³/mol. The van der Waals surface area contributed by atoms with Gasteiger partial charge in [0.05, 0.1) is 6.61 Å². The Kier molecular flexibility index (Phi) is 6.45. The quantitative estimate of drug-likeness (QED) is 0.740. The van der Waals surface area contributed by atoms with Gasteiger partial charge >= 0.3 is 0 Å². The highest BCUT2D eigenvalue weighted by atomic mass is 16.5. The number of nitrogens with zero attached hydrogens (tertiary/aromatic N) is 1. The van der Waals surface area contributed by atoms with Gasteiger partial charge in [-0.3, -0.25) is 4.90 Å². The van der Waals surface area contributed by atoms with Gasteiger partial charge in [0.1, 0.15) is 0 Å². The summed E-state index contributed by atoms with van der Waals surface area (Å²) in [6.45, 7) is 12.3. The molecule has 0 radical (unpaired) electrons. The van der Waals surface area contributed by atoms with Crippen LogP contribution in [0.15, 0.2) is 0 Å². The number of nitrogens with one attached hydrogen (secondary N) is 1. The van der Waals surface area contributed by atoms with Crippen LogP contribution in [0.2, 0.25) is 0 Å². The Bertz CT molecular complexity index is 200. The van der Waals surface area contributed by atoms with Crippen LogP contribution in [0.1, 0.15) is 40.0 Å². The van der Waals surface area contributed by atoms with E-state index in [4.69, 9.17) is 4.74 Å². The smallest absolute Gasteiger partial charge is 0.0589 e. The van der Waals surface area contributed by atoms with E-state index in [0.717, 1.165) is 25.6 Å². The maximum atomic E-state index is 5.21. The van der Waals surface area contributed by atoms with Crippen LogP contribution in [-0.2, 0) is 4.74 Å². The van der Waals surface area contributed by atoms with Gasteiger partial charge in [0, 0.05) is 32.3 Å². The fourth-order valence-electron chi connectivity index (χ4n) is 2.72. The van der Waals surface area contributed by atoms with Crippen molar-refractivity contribution < 1.29 is 4.74 Å².